The Morgan fingerprint density at radius 1 is 1.60 bits per heavy atom. The summed E-state index contributed by atoms with van der Waals surface area (Å²) in [5.74, 6) is -1.07. The van der Waals surface area contributed by atoms with Gasteiger partial charge in [0.15, 0.2) is 0 Å². The lowest BCUT2D eigenvalue weighted by Crippen LogP contribution is -2.33. The minimum atomic E-state index is -1.07. The first-order chi connectivity index (χ1) is 6.97. The predicted molar refractivity (Wildman–Crippen MR) is 55.5 cm³/mol. The summed E-state index contributed by atoms with van der Waals surface area (Å²) in [6, 6.07) is -0.328. The van der Waals surface area contributed by atoms with E-state index in [-0.39, 0.29) is 24.6 Å². The van der Waals surface area contributed by atoms with Crippen molar-refractivity contribution in [2.75, 3.05) is 6.61 Å². The molecule has 1 amide bonds. The Kier molecular flexibility index (Phi) is 5.85. The first-order valence-corrected chi connectivity index (χ1v) is 4.42. The highest BCUT2D eigenvalue weighted by molar-refractivity contribution is 5.85. The van der Waals surface area contributed by atoms with Crippen molar-refractivity contribution in [3.8, 4) is 0 Å². The van der Waals surface area contributed by atoms with Crippen molar-refractivity contribution in [1.29, 1.82) is 0 Å². The van der Waals surface area contributed by atoms with Gasteiger partial charge in [0.25, 0.3) is 0 Å². The summed E-state index contributed by atoms with van der Waals surface area (Å²) in [5.41, 5.74) is 0.0477. The van der Waals surface area contributed by atoms with Crippen LogP contribution in [0.5, 0.6) is 0 Å². The minimum Gasteiger partial charge on any atom is -0.478 e. The lowest BCUT2D eigenvalue weighted by atomic mass is 10.1. The van der Waals surface area contributed by atoms with E-state index in [1.165, 1.54) is 6.08 Å². The van der Waals surface area contributed by atoms with Crippen LogP contribution in [0.1, 0.15) is 13.3 Å². The normalized spacial score (nSPS) is 11.3. The zero-order valence-electron chi connectivity index (χ0n) is 8.66. The predicted octanol–water partition coefficient (Wildman–Crippen LogP) is 1.32. The quantitative estimate of drug-likeness (QED) is 0.515. The van der Waals surface area contributed by atoms with Crippen LogP contribution >= 0.6 is 0 Å². The molecule has 0 saturated carbocycles. The molecule has 0 aromatic rings. The number of hydrogen-bond donors (Lipinski definition) is 2. The Bertz CT molecular complexity index is 273. The SMILES string of the molecule is C=CCOC(=O)N[C@H](C)CC(=C)C(=O)O. The van der Waals surface area contributed by atoms with Gasteiger partial charge in [0.2, 0.25) is 0 Å². The summed E-state index contributed by atoms with van der Waals surface area (Å²) in [5, 5.41) is 11.0. The van der Waals surface area contributed by atoms with E-state index < -0.39 is 12.1 Å². The molecule has 0 aliphatic carbocycles. The van der Waals surface area contributed by atoms with Crippen LogP contribution in [0.3, 0.4) is 0 Å². The lowest BCUT2D eigenvalue weighted by molar-refractivity contribution is -0.132. The van der Waals surface area contributed by atoms with Gasteiger partial charge in [-0.3, -0.25) is 0 Å². The van der Waals surface area contributed by atoms with Gasteiger partial charge in [-0.25, -0.2) is 9.59 Å². The van der Waals surface area contributed by atoms with E-state index in [1.54, 1.807) is 6.92 Å². The van der Waals surface area contributed by atoms with Crippen LogP contribution in [0.2, 0.25) is 0 Å². The maximum absolute atomic E-state index is 11.0. The third-order valence-electron chi connectivity index (χ3n) is 1.55. The van der Waals surface area contributed by atoms with E-state index in [9.17, 15) is 9.59 Å². The summed E-state index contributed by atoms with van der Waals surface area (Å²) in [6.45, 7) is 8.54. The second-order valence-corrected chi connectivity index (χ2v) is 3.05. The molecular weight excluding hydrogens is 198 g/mol. The number of ether oxygens (including phenoxy) is 1. The number of amides is 1. The Balaban J connectivity index is 3.87. The standard InChI is InChI=1S/C10H15NO4/c1-4-5-15-10(14)11-8(3)6-7(2)9(12)13/h4,8H,1-2,5-6H2,3H3,(H,11,14)(H,12,13)/t8-/m1/s1. The third-order valence-corrected chi connectivity index (χ3v) is 1.55. The number of aliphatic carboxylic acids is 1. The largest absolute Gasteiger partial charge is 0.478 e. The first-order valence-electron chi connectivity index (χ1n) is 4.42. The molecule has 0 fully saturated rings. The molecule has 0 unspecified atom stereocenters. The number of carbonyl (C=O) groups excluding carboxylic acids is 1. The molecule has 0 heterocycles. The number of carbonyl (C=O) groups is 2. The van der Waals surface area contributed by atoms with Gasteiger partial charge in [-0.2, -0.15) is 0 Å². The number of rotatable bonds is 6. The van der Waals surface area contributed by atoms with Gasteiger partial charge in [0, 0.05) is 11.6 Å². The zero-order valence-corrected chi connectivity index (χ0v) is 8.66. The average molecular weight is 213 g/mol. The Labute approximate surface area is 88.4 Å². The minimum absolute atomic E-state index is 0.0477. The van der Waals surface area contributed by atoms with Gasteiger partial charge < -0.3 is 15.2 Å². The molecule has 2 N–H and O–H groups in total. The number of hydrogen-bond acceptors (Lipinski definition) is 3. The molecule has 1 atom stereocenters. The van der Waals surface area contributed by atoms with Crippen molar-refractivity contribution in [3.63, 3.8) is 0 Å². The number of carboxylic acids is 1. The van der Waals surface area contributed by atoms with Gasteiger partial charge in [-0.1, -0.05) is 19.2 Å². The Hall–Kier alpha value is -1.78. The molecule has 5 heteroatoms. The summed E-state index contributed by atoms with van der Waals surface area (Å²) in [7, 11) is 0. The summed E-state index contributed by atoms with van der Waals surface area (Å²) < 4.78 is 4.66. The Morgan fingerprint density at radius 2 is 2.20 bits per heavy atom. The maximum Gasteiger partial charge on any atom is 0.407 e. The zero-order chi connectivity index (χ0) is 11.8. The summed E-state index contributed by atoms with van der Waals surface area (Å²) in [6.07, 6.45) is 1.03. The smallest absolute Gasteiger partial charge is 0.407 e. The third kappa shape index (κ3) is 6.31. The van der Waals surface area contributed by atoms with E-state index in [0.717, 1.165) is 0 Å². The highest BCUT2D eigenvalue weighted by Gasteiger charge is 2.12. The number of alkyl carbamates (subject to hydrolysis) is 1. The number of nitrogens with one attached hydrogen (secondary N) is 1. The molecular formula is C10H15NO4. The van der Waals surface area contributed by atoms with Crippen molar-refractivity contribution in [1.82, 2.24) is 5.32 Å². The summed E-state index contributed by atoms with van der Waals surface area (Å²) >= 11 is 0. The van der Waals surface area contributed by atoms with Crippen LogP contribution < -0.4 is 5.32 Å². The molecule has 0 rings (SSSR count). The molecule has 5 nitrogen and oxygen atoms in total. The second-order valence-electron chi connectivity index (χ2n) is 3.05. The lowest BCUT2D eigenvalue weighted by Gasteiger charge is -2.13. The summed E-state index contributed by atoms with van der Waals surface area (Å²) in [4.78, 5) is 21.4. The van der Waals surface area contributed by atoms with E-state index >= 15 is 0 Å². The topological polar surface area (TPSA) is 75.6 Å². The molecule has 0 aromatic carbocycles. The van der Waals surface area contributed by atoms with Crippen molar-refractivity contribution in [2.45, 2.75) is 19.4 Å². The van der Waals surface area contributed by atoms with Crippen molar-refractivity contribution >= 4 is 12.1 Å². The molecule has 0 saturated heterocycles. The monoisotopic (exact) mass is 213 g/mol. The van der Waals surface area contributed by atoms with Crippen molar-refractivity contribution < 1.29 is 19.4 Å². The molecule has 0 aliphatic rings. The van der Waals surface area contributed by atoms with Crippen LogP contribution in [0.25, 0.3) is 0 Å². The van der Waals surface area contributed by atoms with Crippen LogP contribution in [0, 0.1) is 0 Å². The van der Waals surface area contributed by atoms with Crippen molar-refractivity contribution in [3.05, 3.63) is 24.8 Å². The average Bonchev–Trinajstić information content (AvgIpc) is 2.14. The number of carboxylic acid groups (broad SMARTS) is 1. The van der Waals surface area contributed by atoms with E-state index in [2.05, 4.69) is 23.2 Å². The molecule has 0 aliphatic heterocycles. The van der Waals surface area contributed by atoms with Crippen LogP contribution in [0.4, 0.5) is 4.79 Å². The fourth-order valence-corrected chi connectivity index (χ4v) is 0.885. The molecule has 15 heavy (non-hydrogen) atoms. The van der Waals surface area contributed by atoms with Crippen molar-refractivity contribution in [2.24, 2.45) is 0 Å². The Morgan fingerprint density at radius 3 is 2.67 bits per heavy atom. The molecule has 84 valence electrons. The van der Waals surface area contributed by atoms with E-state index in [1.807, 2.05) is 0 Å². The fourth-order valence-electron chi connectivity index (χ4n) is 0.885. The van der Waals surface area contributed by atoms with E-state index in [0.29, 0.717) is 0 Å². The molecule has 0 aromatic heterocycles. The fraction of sp³-hybridized carbons (Fsp3) is 0.400. The van der Waals surface area contributed by atoms with Gasteiger partial charge >= 0.3 is 12.1 Å². The van der Waals surface area contributed by atoms with Gasteiger partial charge in [-0.15, -0.1) is 0 Å². The highest BCUT2D eigenvalue weighted by atomic mass is 16.5. The molecule has 0 spiro atoms. The van der Waals surface area contributed by atoms with Gasteiger partial charge in [0.05, 0.1) is 0 Å². The van der Waals surface area contributed by atoms with Crippen LogP contribution in [0.15, 0.2) is 24.8 Å². The van der Waals surface area contributed by atoms with Crippen LogP contribution in [-0.2, 0) is 9.53 Å². The molecule has 0 bridgehead atoms. The molecule has 0 radical (unpaired) electrons. The van der Waals surface area contributed by atoms with Gasteiger partial charge in [0.1, 0.15) is 6.61 Å². The van der Waals surface area contributed by atoms with Crippen LogP contribution in [-0.4, -0.2) is 29.8 Å². The first kappa shape index (κ1) is 13.2. The second kappa shape index (κ2) is 6.64. The van der Waals surface area contributed by atoms with E-state index in [4.69, 9.17) is 5.11 Å². The van der Waals surface area contributed by atoms with Gasteiger partial charge in [-0.05, 0) is 13.3 Å². The highest BCUT2D eigenvalue weighted by Crippen LogP contribution is 2.02. The maximum atomic E-state index is 11.0.